The lowest BCUT2D eigenvalue weighted by molar-refractivity contribution is -0.0234. The Hall–Kier alpha value is -2.28. The fourth-order valence-electron chi connectivity index (χ4n) is 4.77. The molecule has 0 radical (unpaired) electrons. The number of anilines is 1. The minimum atomic E-state index is -0.197. The van der Waals surface area contributed by atoms with Crippen molar-refractivity contribution < 1.29 is 14.3 Å². The molecule has 0 saturated carbocycles. The van der Waals surface area contributed by atoms with E-state index < -0.39 is 0 Å². The van der Waals surface area contributed by atoms with Gasteiger partial charge in [0.15, 0.2) is 0 Å². The predicted molar refractivity (Wildman–Crippen MR) is 112 cm³/mol. The van der Waals surface area contributed by atoms with E-state index in [2.05, 4.69) is 17.6 Å². The second kappa shape index (κ2) is 8.61. The number of rotatable bonds is 3. The number of carbonyl (C=O) groups is 2. The number of nitrogens with one attached hydrogen (secondary N) is 2. The number of aryl methyl sites for hydroxylation is 1. The van der Waals surface area contributed by atoms with Gasteiger partial charge in [-0.05, 0) is 49.8 Å². The van der Waals surface area contributed by atoms with Crippen molar-refractivity contribution in [2.75, 3.05) is 44.7 Å². The fraction of sp³-hybridized carbons (Fsp3) is 0.636. The van der Waals surface area contributed by atoms with Crippen molar-refractivity contribution in [3.8, 4) is 0 Å². The van der Waals surface area contributed by atoms with Crippen LogP contribution < -0.4 is 10.6 Å². The van der Waals surface area contributed by atoms with Gasteiger partial charge in [-0.3, -0.25) is 0 Å². The average Bonchev–Trinajstić information content (AvgIpc) is 3.42. The minimum absolute atomic E-state index is 0.0349. The van der Waals surface area contributed by atoms with Crippen molar-refractivity contribution in [2.45, 2.75) is 45.1 Å². The number of benzene rings is 1. The highest BCUT2D eigenvalue weighted by Crippen LogP contribution is 2.38. The van der Waals surface area contributed by atoms with Crippen molar-refractivity contribution in [1.29, 1.82) is 0 Å². The molecule has 2 N–H and O–H groups in total. The fourth-order valence-corrected chi connectivity index (χ4v) is 4.77. The molecule has 2 atom stereocenters. The summed E-state index contributed by atoms with van der Waals surface area (Å²) in [5.41, 5.74) is 1.86. The Kier molecular flexibility index (Phi) is 5.94. The van der Waals surface area contributed by atoms with Crippen LogP contribution in [-0.4, -0.2) is 67.3 Å². The van der Waals surface area contributed by atoms with Crippen LogP contribution in [0.5, 0.6) is 0 Å². The summed E-state index contributed by atoms with van der Waals surface area (Å²) >= 11 is 0. The van der Waals surface area contributed by atoms with Crippen molar-refractivity contribution >= 4 is 17.7 Å². The highest BCUT2D eigenvalue weighted by atomic mass is 16.5. The number of nitrogens with zero attached hydrogens (tertiary/aromatic N) is 2. The summed E-state index contributed by atoms with van der Waals surface area (Å²) in [6.45, 7) is 6.33. The van der Waals surface area contributed by atoms with E-state index in [0.717, 1.165) is 50.9 Å². The Labute approximate surface area is 172 Å². The first-order valence-electron chi connectivity index (χ1n) is 10.9. The molecular weight excluding hydrogens is 368 g/mol. The van der Waals surface area contributed by atoms with Crippen LogP contribution in [-0.2, 0) is 11.2 Å². The Balaban J connectivity index is 1.38. The van der Waals surface area contributed by atoms with E-state index in [1.807, 2.05) is 34.1 Å². The maximum absolute atomic E-state index is 12.8. The van der Waals surface area contributed by atoms with Crippen molar-refractivity contribution in [3.63, 3.8) is 0 Å². The lowest BCUT2D eigenvalue weighted by Crippen LogP contribution is -2.57. The third-order valence-corrected chi connectivity index (χ3v) is 6.66. The van der Waals surface area contributed by atoms with Gasteiger partial charge < -0.3 is 25.2 Å². The standard InChI is InChI=1S/C22H32N4O3/c1-2-17-5-7-18(8-6-17)23-20(27)26-13-10-22(15-26)16-29-14-9-19(22)24-21(28)25-11-3-4-12-25/h5-8,19H,2-4,9-16H2,1H3,(H,23,27)(H,24,28). The summed E-state index contributed by atoms with van der Waals surface area (Å²) in [6.07, 6.45) is 4.79. The van der Waals surface area contributed by atoms with Gasteiger partial charge in [0.05, 0.1) is 6.61 Å². The summed E-state index contributed by atoms with van der Waals surface area (Å²) in [5.74, 6) is 0. The molecule has 7 nitrogen and oxygen atoms in total. The lowest BCUT2D eigenvalue weighted by atomic mass is 9.77. The van der Waals surface area contributed by atoms with Crippen LogP contribution in [0.25, 0.3) is 0 Å². The highest BCUT2D eigenvalue weighted by Gasteiger charge is 2.48. The predicted octanol–water partition coefficient (Wildman–Crippen LogP) is 3.07. The van der Waals surface area contributed by atoms with Gasteiger partial charge in [0.1, 0.15) is 0 Å². The minimum Gasteiger partial charge on any atom is -0.381 e. The molecule has 3 aliphatic heterocycles. The van der Waals surface area contributed by atoms with Gasteiger partial charge in [0, 0.05) is 49.9 Å². The van der Waals surface area contributed by atoms with Gasteiger partial charge in [0.25, 0.3) is 0 Å². The third-order valence-electron chi connectivity index (χ3n) is 6.66. The second-order valence-electron chi connectivity index (χ2n) is 8.55. The van der Waals surface area contributed by atoms with Crippen LogP contribution >= 0.6 is 0 Å². The quantitative estimate of drug-likeness (QED) is 0.819. The Morgan fingerprint density at radius 2 is 1.86 bits per heavy atom. The molecule has 4 rings (SSSR count). The van der Waals surface area contributed by atoms with Crippen LogP contribution in [0.1, 0.15) is 38.2 Å². The molecule has 0 aliphatic carbocycles. The van der Waals surface area contributed by atoms with Crippen molar-refractivity contribution in [3.05, 3.63) is 29.8 Å². The molecule has 1 spiro atoms. The number of ether oxygens (including phenoxy) is 1. The first-order valence-corrected chi connectivity index (χ1v) is 10.9. The smallest absolute Gasteiger partial charge is 0.321 e. The summed E-state index contributed by atoms with van der Waals surface area (Å²) in [5, 5.41) is 6.27. The molecule has 7 heteroatoms. The zero-order valence-electron chi connectivity index (χ0n) is 17.3. The highest BCUT2D eigenvalue weighted by molar-refractivity contribution is 5.89. The molecule has 3 heterocycles. The van der Waals surface area contributed by atoms with E-state index in [1.54, 1.807) is 0 Å². The van der Waals surface area contributed by atoms with Crippen molar-refractivity contribution in [2.24, 2.45) is 5.41 Å². The molecule has 2 unspecified atom stereocenters. The third kappa shape index (κ3) is 4.34. The molecule has 0 aromatic heterocycles. The summed E-state index contributed by atoms with van der Waals surface area (Å²) < 4.78 is 5.79. The number of hydrogen-bond donors (Lipinski definition) is 2. The number of urea groups is 2. The molecule has 0 bridgehead atoms. The van der Waals surface area contributed by atoms with Gasteiger partial charge >= 0.3 is 12.1 Å². The van der Waals surface area contributed by atoms with Gasteiger partial charge in [-0.25, -0.2) is 9.59 Å². The molecule has 3 fully saturated rings. The van der Waals surface area contributed by atoms with Gasteiger partial charge in [-0.15, -0.1) is 0 Å². The van der Waals surface area contributed by atoms with E-state index >= 15 is 0 Å². The summed E-state index contributed by atoms with van der Waals surface area (Å²) in [6, 6.07) is 7.98. The zero-order chi connectivity index (χ0) is 20.3. The Morgan fingerprint density at radius 3 is 2.59 bits per heavy atom. The lowest BCUT2D eigenvalue weighted by Gasteiger charge is -2.41. The SMILES string of the molecule is CCc1ccc(NC(=O)N2CCC3(COCCC3NC(=O)N3CCCC3)C2)cc1. The largest absolute Gasteiger partial charge is 0.381 e. The molecule has 158 valence electrons. The van der Waals surface area contributed by atoms with Crippen LogP contribution in [0.4, 0.5) is 15.3 Å². The molecule has 1 aromatic rings. The first-order chi connectivity index (χ1) is 14.1. The van der Waals surface area contributed by atoms with E-state index in [4.69, 9.17) is 4.74 Å². The monoisotopic (exact) mass is 400 g/mol. The maximum atomic E-state index is 12.8. The zero-order valence-corrected chi connectivity index (χ0v) is 17.3. The summed E-state index contributed by atoms with van der Waals surface area (Å²) in [7, 11) is 0. The number of likely N-dealkylation sites (tertiary alicyclic amines) is 2. The average molecular weight is 401 g/mol. The van der Waals surface area contributed by atoms with E-state index in [1.165, 1.54) is 5.56 Å². The summed E-state index contributed by atoms with van der Waals surface area (Å²) in [4.78, 5) is 29.2. The van der Waals surface area contributed by atoms with Gasteiger partial charge in [-0.1, -0.05) is 19.1 Å². The van der Waals surface area contributed by atoms with Crippen LogP contribution in [0.2, 0.25) is 0 Å². The number of carbonyl (C=O) groups excluding carboxylic acids is 2. The molecule has 3 aliphatic rings. The Bertz CT molecular complexity index is 732. The topological polar surface area (TPSA) is 73.9 Å². The first kappa shape index (κ1) is 20.0. The molecule has 29 heavy (non-hydrogen) atoms. The number of amides is 4. The van der Waals surface area contributed by atoms with Crippen LogP contribution in [0.3, 0.4) is 0 Å². The van der Waals surface area contributed by atoms with Gasteiger partial charge in [-0.2, -0.15) is 0 Å². The van der Waals surface area contributed by atoms with E-state index in [-0.39, 0.29) is 23.5 Å². The molecular formula is C22H32N4O3. The Morgan fingerprint density at radius 1 is 1.10 bits per heavy atom. The normalized spacial score (nSPS) is 26.7. The van der Waals surface area contributed by atoms with E-state index in [9.17, 15) is 9.59 Å². The van der Waals surface area contributed by atoms with E-state index in [0.29, 0.717) is 26.3 Å². The van der Waals surface area contributed by atoms with Crippen LogP contribution in [0, 0.1) is 5.41 Å². The number of hydrogen-bond acceptors (Lipinski definition) is 3. The van der Waals surface area contributed by atoms with Crippen molar-refractivity contribution in [1.82, 2.24) is 15.1 Å². The molecule has 1 aromatic carbocycles. The molecule has 4 amide bonds. The van der Waals surface area contributed by atoms with Gasteiger partial charge in [0.2, 0.25) is 0 Å². The second-order valence-corrected chi connectivity index (χ2v) is 8.55. The maximum Gasteiger partial charge on any atom is 0.321 e. The molecule has 3 saturated heterocycles. The van der Waals surface area contributed by atoms with Crippen LogP contribution in [0.15, 0.2) is 24.3 Å².